The second-order valence-electron chi connectivity index (χ2n) is 14.0. The Hall–Kier alpha value is -2.83. The third-order valence-electron chi connectivity index (χ3n) is 9.27. The Morgan fingerprint density at radius 1 is 0.921 bits per heavy atom. The lowest BCUT2D eigenvalue weighted by Crippen LogP contribution is -2.59. The molecule has 5 rings (SSSR count). The van der Waals surface area contributed by atoms with Gasteiger partial charge < -0.3 is 20.1 Å². The van der Waals surface area contributed by atoms with Crippen molar-refractivity contribution in [2.45, 2.75) is 91.8 Å². The molecule has 3 amide bonds. The summed E-state index contributed by atoms with van der Waals surface area (Å²) < 4.78 is 0. The number of para-hydroxylation sites is 1. The predicted molar refractivity (Wildman–Crippen MR) is 150 cm³/mol. The van der Waals surface area contributed by atoms with Crippen LogP contribution in [0.25, 0.3) is 10.9 Å². The maximum absolute atomic E-state index is 13.8. The van der Waals surface area contributed by atoms with Gasteiger partial charge in [0.1, 0.15) is 11.7 Å². The molecule has 38 heavy (non-hydrogen) atoms. The van der Waals surface area contributed by atoms with Crippen LogP contribution in [-0.4, -0.2) is 63.7 Å². The van der Waals surface area contributed by atoms with E-state index in [-0.39, 0.29) is 35.7 Å². The highest BCUT2D eigenvalue weighted by atomic mass is 16.2. The van der Waals surface area contributed by atoms with Crippen LogP contribution in [0.2, 0.25) is 0 Å². The fourth-order valence-electron chi connectivity index (χ4n) is 6.87. The molecule has 0 radical (unpaired) electrons. The molecular weight excluding hydrogens is 476 g/mol. The Balaban J connectivity index is 1.22. The summed E-state index contributed by atoms with van der Waals surface area (Å²) in [5, 5.41) is 3.99. The van der Waals surface area contributed by atoms with Crippen molar-refractivity contribution < 1.29 is 14.4 Å². The molecule has 2 N–H and O–H groups in total. The fraction of sp³-hybridized carbons (Fsp3) is 0.645. The van der Waals surface area contributed by atoms with Crippen molar-refractivity contribution in [2.24, 2.45) is 22.7 Å². The molecule has 1 aliphatic carbocycles. The molecular formula is C31H44N4O3. The predicted octanol–water partition coefficient (Wildman–Crippen LogP) is 4.98. The topological polar surface area (TPSA) is 85.5 Å². The summed E-state index contributed by atoms with van der Waals surface area (Å²) >= 11 is 0. The molecule has 3 heterocycles. The number of aromatic amines is 1. The van der Waals surface area contributed by atoms with Crippen LogP contribution in [0, 0.1) is 22.7 Å². The Morgan fingerprint density at radius 2 is 1.55 bits per heavy atom. The number of carbonyl (C=O) groups excluding carboxylic acids is 3. The first-order chi connectivity index (χ1) is 17.8. The summed E-state index contributed by atoms with van der Waals surface area (Å²) in [6.45, 7) is 14.0. The number of rotatable bonds is 4. The summed E-state index contributed by atoms with van der Waals surface area (Å²) in [5.74, 6) is 0.767. The van der Waals surface area contributed by atoms with Gasteiger partial charge in [-0.15, -0.1) is 0 Å². The summed E-state index contributed by atoms with van der Waals surface area (Å²) in [6, 6.07) is 9.03. The maximum Gasteiger partial charge on any atom is 0.268 e. The van der Waals surface area contributed by atoms with Gasteiger partial charge in [0.25, 0.3) is 5.91 Å². The Kier molecular flexibility index (Phi) is 6.85. The van der Waals surface area contributed by atoms with E-state index in [0.29, 0.717) is 30.1 Å². The van der Waals surface area contributed by atoms with Gasteiger partial charge in [0.2, 0.25) is 11.8 Å². The lowest BCUT2D eigenvalue weighted by Gasteiger charge is -2.41. The molecule has 1 aromatic heterocycles. The Morgan fingerprint density at radius 3 is 2.13 bits per heavy atom. The first kappa shape index (κ1) is 26.8. The minimum absolute atomic E-state index is 0.0252. The first-order valence-corrected chi connectivity index (χ1v) is 14.3. The van der Waals surface area contributed by atoms with Gasteiger partial charge in [-0.25, -0.2) is 0 Å². The standard InChI is InChI=1S/C31H44N4O3/c1-30(2,3)21-13-11-19(12-14-21)28(37)34-17-23-16-22(34)18-35(23)29(38)26(31(4,5)6)33-27(36)25-15-20-9-7-8-10-24(20)32-25/h7-10,15,19,21-23,26,32H,11-14,16-18H2,1-6H3,(H,33,36)/t19?,21?,22-,23-,26?/m0/s1. The molecule has 2 aliphatic heterocycles. The molecule has 1 saturated carbocycles. The lowest BCUT2D eigenvalue weighted by atomic mass is 9.69. The summed E-state index contributed by atoms with van der Waals surface area (Å²) in [7, 11) is 0. The normalized spacial score (nSPS) is 26.6. The highest BCUT2D eigenvalue weighted by molar-refractivity contribution is 6.00. The smallest absolute Gasteiger partial charge is 0.268 e. The molecule has 2 saturated heterocycles. The van der Waals surface area contributed by atoms with E-state index in [1.165, 1.54) is 0 Å². The highest BCUT2D eigenvalue weighted by Gasteiger charge is 2.50. The average Bonchev–Trinajstić information content (AvgIpc) is 3.59. The average molecular weight is 521 g/mol. The number of piperazine rings is 1. The van der Waals surface area contributed by atoms with E-state index in [2.05, 4.69) is 36.0 Å². The Bertz CT molecular complexity index is 1180. The summed E-state index contributed by atoms with van der Waals surface area (Å²) in [6.07, 6.45) is 5.03. The molecule has 0 spiro atoms. The lowest BCUT2D eigenvalue weighted by molar-refractivity contribution is -0.145. The van der Waals surface area contributed by atoms with Crippen LogP contribution in [0.15, 0.2) is 30.3 Å². The third kappa shape index (κ3) is 5.08. The van der Waals surface area contributed by atoms with Gasteiger partial charge in [-0.2, -0.15) is 0 Å². The van der Waals surface area contributed by atoms with E-state index < -0.39 is 11.5 Å². The number of fused-ring (bicyclic) bond motifs is 3. The third-order valence-corrected chi connectivity index (χ3v) is 9.27. The van der Waals surface area contributed by atoms with E-state index in [4.69, 9.17) is 0 Å². The number of hydrogen-bond acceptors (Lipinski definition) is 3. The number of nitrogens with zero attached hydrogens (tertiary/aromatic N) is 2. The Labute approximate surface area is 226 Å². The number of amides is 3. The van der Waals surface area contributed by atoms with E-state index in [1.54, 1.807) is 0 Å². The van der Waals surface area contributed by atoms with E-state index in [9.17, 15) is 14.4 Å². The second kappa shape index (κ2) is 9.73. The monoisotopic (exact) mass is 520 g/mol. The largest absolute Gasteiger partial charge is 0.351 e. The summed E-state index contributed by atoms with van der Waals surface area (Å²) in [5.41, 5.74) is 1.19. The minimum atomic E-state index is -0.655. The van der Waals surface area contributed by atoms with Crippen LogP contribution in [0.5, 0.6) is 0 Å². The van der Waals surface area contributed by atoms with E-state index in [0.717, 1.165) is 43.0 Å². The van der Waals surface area contributed by atoms with Crippen LogP contribution in [0.1, 0.15) is 84.1 Å². The zero-order valence-electron chi connectivity index (χ0n) is 23.8. The van der Waals surface area contributed by atoms with Crippen molar-refractivity contribution in [1.82, 2.24) is 20.1 Å². The molecule has 2 aromatic rings. The number of likely N-dealkylation sites (tertiary alicyclic amines) is 2. The zero-order valence-corrected chi connectivity index (χ0v) is 23.8. The molecule has 3 aliphatic rings. The van der Waals surface area contributed by atoms with Crippen molar-refractivity contribution >= 4 is 28.6 Å². The maximum atomic E-state index is 13.8. The minimum Gasteiger partial charge on any atom is -0.351 e. The van der Waals surface area contributed by atoms with Crippen molar-refractivity contribution in [3.8, 4) is 0 Å². The van der Waals surface area contributed by atoms with Crippen molar-refractivity contribution in [2.75, 3.05) is 13.1 Å². The van der Waals surface area contributed by atoms with E-state index >= 15 is 0 Å². The molecule has 3 atom stereocenters. The number of aromatic nitrogens is 1. The van der Waals surface area contributed by atoms with Gasteiger partial charge in [-0.3, -0.25) is 14.4 Å². The van der Waals surface area contributed by atoms with Crippen LogP contribution in [0.4, 0.5) is 0 Å². The highest BCUT2D eigenvalue weighted by Crippen LogP contribution is 2.42. The van der Waals surface area contributed by atoms with Crippen LogP contribution in [0.3, 0.4) is 0 Å². The van der Waals surface area contributed by atoms with Gasteiger partial charge in [0, 0.05) is 29.9 Å². The number of benzene rings is 1. The second-order valence-corrected chi connectivity index (χ2v) is 14.0. The molecule has 1 unspecified atom stereocenters. The number of hydrogen-bond donors (Lipinski definition) is 2. The van der Waals surface area contributed by atoms with Crippen LogP contribution >= 0.6 is 0 Å². The number of carbonyl (C=O) groups is 3. The SMILES string of the molecule is CC(C)(C)C1CCC(C(=O)N2C[C@@H]3C[C@H]2CN3C(=O)C(NC(=O)c2cc3ccccc3[nH]2)C(C)(C)C)CC1. The fourth-order valence-corrected chi connectivity index (χ4v) is 6.87. The molecule has 7 heteroatoms. The van der Waals surface area contributed by atoms with Crippen molar-refractivity contribution in [3.05, 3.63) is 36.0 Å². The molecule has 1 aromatic carbocycles. The van der Waals surface area contributed by atoms with Crippen LogP contribution < -0.4 is 5.32 Å². The van der Waals surface area contributed by atoms with Crippen molar-refractivity contribution in [1.29, 1.82) is 0 Å². The first-order valence-electron chi connectivity index (χ1n) is 14.3. The molecule has 206 valence electrons. The van der Waals surface area contributed by atoms with Gasteiger partial charge in [0.15, 0.2) is 0 Å². The molecule has 7 nitrogen and oxygen atoms in total. The van der Waals surface area contributed by atoms with Gasteiger partial charge in [-0.1, -0.05) is 59.7 Å². The summed E-state index contributed by atoms with van der Waals surface area (Å²) in [4.78, 5) is 47.6. The zero-order chi connectivity index (χ0) is 27.4. The number of H-pyrrole nitrogens is 1. The number of nitrogens with one attached hydrogen (secondary N) is 2. The quantitative estimate of drug-likeness (QED) is 0.597. The molecule has 3 fully saturated rings. The van der Waals surface area contributed by atoms with Gasteiger partial charge in [0.05, 0.1) is 12.1 Å². The van der Waals surface area contributed by atoms with Gasteiger partial charge in [-0.05, 0) is 61.0 Å². The van der Waals surface area contributed by atoms with Crippen molar-refractivity contribution in [3.63, 3.8) is 0 Å². The molecule has 2 bridgehead atoms. The van der Waals surface area contributed by atoms with Gasteiger partial charge >= 0.3 is 0 Å². The van der Waals surface area contributed by atoms with E-state index in [1.807, 2.05) is 56.0 Å². The van der Waals surface area contributed by atoms with Crippen LogP contribution in [-0.2, 0) is 9.59 Å².